The molecule has 0 atom stereocenters. The molecule has 2 heterocycles. The van der Waals surface area contributed by atoms with Crippen molar-refractivity contribution in [2.24, 2.45) is 0 Å². The van der Waals surface area contributed by atoms with Gasteiger partial charge in [0.2, 0.25) is 0 Å². The smallest absolute Gasteiger partial charge is 0.143 e. The standard InChI is InChI=1S/C10H13N3S/c1-7(2)13-10(5-11)8-6-14-4-3-9(8)12-13/h7H,3-4,6H2,1-2H3. The van der Waals surface area contributed by atoms with Crippen LogP contribution in [0, 0.1) is 11.3 Å². The Morgan fingerprint density at radius 2 is 2.36 bits per heavy atom. The van der Waals surface area contributed by atoms with Crippen LogP contribution < -0.4 is 0 Å². The minimum atomic E-state index is 0.278. The van der Waals surface area contributed by atoms with E-state index in [2.05, 4.69) is 25.0 Å². The molecule has 1 aromatic rings. The van der Waals surface area contributed by atoms with Gasteiger partial charge in [-0.3, -0.25) is 4.68 Å². The minimum absolute atomic E-state index is 0.278. The monoisotopic (exact) mass is 207 g/mol. The van der Waals surface area contributed by atoms with Crippen LogP contribution in [0.25, 0.3) is 0 Å². The molecule has 0 aromatic carbocycles. The number of aryl methyl sites for hydroxylation is 1. The zero-order chi connectivity index (χ0) is 10.1. The molecular weight excluding hydrogens is 194 g/mol. The molecule has 4 heteroatoms. The fourth-order valence-electron chi connectivity index (χ4n) is 1.70. The molecule has 74 valence electrons. The van der Waals surface area contributed by atoms with Crippen LogP contribution >= 0.6 is 11.8 Å². The minimum Gasteiger partial charge on any atom is -0.252 e. The summed E-state index contributed by atoms with van der Waals surface area (Å²) < 4.78 is 1.86. The Morgan fingerprint density at radius 1 is 1.57 bits per heavy atom. The second-order valence-electron chi connectivity index (χ2n) is 3.73. The molecule has 1 aromatic heterocycles. The SMILES string of the molecule is CC(C)n1nc2c(c1C#N)CSCC2. The van der Waals surface area contributed by atoms with Crippen LogP contribution in [-0.2, 0) is 12.2 Å². The Morgan fingerprint density at radius 3 is 3.00 bits per heavy atom. The van der Waals surface area contributed by atoms with Crippen LogP contribution in [0.3, 0.4) is 0 Å². The molecule has 0 saturated carbocycles. The van der Waals surface area contributed by atoms with Crippen LogP contribution in [0.15, 0.2) is 0 Å². The third-order valence-electron chi connectivity index (χ3n) is 2.42. The highest BCUT2D eigenvalue weighted by Gasteiger charge is 2.21. The first-order chi connectivity index (χ1) is 6.74. The molecule has 0 unspecified atom stereocenters. The van der Waals surface area contributed by atoms with Gasteiger partial charge in [0.1, 0.15) is 11.8 Å². The molecule has 3 nitrogen and oxygen atoms in total. The highest BCUT2D eigenvalue weighted by molar-refractivity contribution is 7.98. The Kier molecular flexibility index (Phi) is 2.51. The first-order valence-electron chi connectivity index (χ1n) is 4.82. The van der Waals surface area contributed by atoms with E-state index >= 15 is 0 Å². The number of hydrogen-bond acceptors (Lipinski definition) is 3. The number of nitrogens with zero attached hydrogens (tertiary/aromatic N) is 3. The average Bonchev–Trinajstić information content (AvgIpc) is 2.56. The lowest BCUT2D eigenvalue weighted by Crippen LogP contribution is -2.05. The number of fused-ring (bicyclic) bond motifs is 1. The van der Waals surface area contributed by atoms with Crippen molar-refractivity contribution in [3.05, 3.63) is 17.0 Å². The predicted molar refractivity (Wildman–Crippen MR) is 57.2 cm³/mol. The van der Waals surface area contributed by atoms with Gasteiger partial charge in [-0.25, -0.2) is 0 Å². The number of hydrogen-bond donors (Lipinski definition) is 0. The van der Waals surface area contributed by atoms with Crippen molar-refractivity contribution in [3.63, 3.8) is 0 Å². The summed E-state index contributed by atoms with van der Waals surface area (Å²) in [6.45, 7) is 4.12. The topological polar surface area (TPSA) is 41.6 Å². The Balaban J connectivity index is 2.53. The van der Waals surface area contributed by atoms with E-state index in [0.717, 1.165) is 34.9 Å². The van der Waals surface area contributed by atoms with E-state index in [4.69, 9.17) is 5.26 Å². The van der Waals surface area contributed by atoms with Gasteiger partial charge in [-0.15, -0.1) is 0 Å². The van der Waals surface area contributed by atoms with Crippen molar-refractivity contribution < 1.29 is 0 Å². The molecular formula is C10H13N3S. The van der Waals surface area contributed by atoms with E-state index in [-0.39, 0.29) is 6.04 Å². The third-order valence-corrected chi connectivity index (χ3v) is 3.40. The average molecular weight is 207 g/mol. The summed E-state index contributed by atoms with van der Waals surface area (Å²) in [4.78, 5) is 0. The van der Waals surface area contributed by atoms with E-state index in [1.807, 2.05) is 16.4 Å². The molecule has 0 aliphatic carbocycles. The van der Waals surface area contributed by atoms with Crippen molar-refractivity contribution in [1.82, 2.24) is 9.78 Å². The highest BCUT2D eigenvalue weighted by Crippen LogP contribution is 2.27. The molecule has 1 aliphatic rings. The van der Waals surface area contributed by atoms with Gasteiger partial charge in [0, 0.05) is 23.8 Å². The molecule has 0 bridgehead atoms. The van der Waals surface area contributed by atoms with Crippen molar-refractivity contribution >= 4 is 11.8 Å². The lowest BCUT2D eigenvalue weighted by Gasteiger charge is -2.08. The number of rotatable bonds is 1. The van der Waals surface area contributed by atoms with Crippen LogP contribution in [0.2, 0.25) is 0 Å². The van der Waals surface area contributed by atoms with E-state index in [1.54, 1.807) is 0 Å². The first-order valence-corrected chi connectivity index (χ1v) is 5.97. The van der Waals surface area contributed by atoms with Gasteiger partial charge in [-0.05, 0) is 19.6 Å². The third kappa shape index (κ3) is 1.42. The normalized spacial score (nSPS) is 15.3. The molecule has 1 aliphatic heterocycles. The maximum atomic E-state index is 9.09. The Hall–Kier alpha value is -0.950. The maximum absolute atomic E-state index is 9.09. The number of nitriles is 1. The Labute approximate surface area is 88.1 Å². The quantitative estimate of drug-likeness (QED) is 0.708. The molecule has 14 heavy (non-hydrogen) atoms. The number of aromatic nitrogens is 2. The van der Waals surface area contributed by atoms with Gasteiger partial charge in [0.05, 0.1) is 5.69 Å². The second-order valence-corrected chi connectivity index (χ2v) is 4.83. The highest BCUT2D eigenvalue weighted by atomic mass is 32.2. The molecule has 0 N–H and O–H groups in total. The van der Waals surface area contributed by atoms with Crippen molar-refractivity contribution in [2.45, 2.75) is 32.1 Å². The lowest BCUT2D eigenvalue weighted by molar-refractivity contribution is 0.522. The summed E-state index contributed by atoms with van der Waals surface area (Å²) in [5, 5.41) is 13.6. The molecule has 0 amide bonds. The maximum Gasteiger partial charge on any atom is 0.143 e. The fourth-order valence-corrected chi connectivity index (χ4v) is 2.69. The van der Waals surface area contributed by atoms with E-state index < -0.39 is 0 Å². The van der Waals surface area contributed by atoms with Crippen molar-refractivity contribution in [2.75, 3.05) is 5.75 Å². The van der Waals surface area contributed by atoms with Gasteiger partial charge < -0.3 is 0 Å². The van der Waals surface area contributed by atoms with E-state index in [0.29, 0.717) is 0 Å². The lowest BCUT2D eigenvalue weighted by atomic mass is 10.1. The van der Waals surface area contributed by atoms with Gasteiger partial charge in [0.25, 0.3) is 0 Å². The zero-order valence-corrected chi connectivity index (χ0v) is 9.27. The van der Waals surface area contributed by atoms with Gasteiger partial charge >= 0.3 is 0 Å². The van der Waals surface area contributed by atoms with E-state index in [1.165, 1.54) is 0 Å². The van der Waals surface area contributed by atoms with Crippen molar-refractivity contribution in [3.8, 4) is 6.07 Å². The molecule has 0 saturated heterocycles. The predicted octanol–water partition coefficient (Wildman–Crippen LogP) is 2.12. The van der Waals surface area contributed by atoms with Crippen LogP contribution in [0.5, 0.6) is 0 Å². The molecule has 0 spiro atoms. The summed E-state index contributed by atoms with van der Waals surface area (Å²) in [6.07, 6.45) is 1.01. The van der Waals surface area contributed by atoms with Gasteiger partial charge in [-0.2, -0.15) is 22.1 Å². The van der Waals surface area contributed by atoms with Crippen LogP contribution in [0.4, 0.5) is 0 Å². The van der Waals surface area contributed by atoms with E-state index in [9.17, 15) is 0 Å². The second kappa shape index (κ2) is 3.66. The van der Waals surface area contributed by atoms with Gasteiger partial charge in [-0.1, -0.05) is 0 Å². The van der Waals surface area contributed by atoms with Crippen molar-refractivity contribution in [1.29, 1.82) is 5.26 Å². The van der Waals surface area contributed by atoms with Gasteiger partial charge in [0.15, 0.2) is 0 Å². The summed E-state index contributed by atoms with van der Waals surface area (Å²) in [7, 11) is 0. The summed E-state index contributed by atoms with van der Waals surface area (Å²) in [5.74, 6) is 2.08. The molecule has 2 rings (SSSR count). The fraction of sp³-hybridized carbons (Fsp3) is 0.600. The summed E-state index contributed by atoms with van der Waals surface area (Å²) >= 11 is 1.89. The zero-order valence-electron chi connectivity index (χ0n) is 8.45. The summed E-state index contributed by atoms with van der Waals surface area (Å²) in [6, 6.07) is 2.55. The van der Waals surface area contributed by atoms with Crippen LogP contribution in [0.1, 0.15) is 36.8 Å². The number of thioether (sulfide) groups is 1. The molecule has 0 radical (unpaired) electrons. The Bertz CT molecular complexity index is 387. The molecule has 0 fully saturated rings. The largest absolute Gasteiger partial charge is 0.252 e. The first kappa shape index (κ1) is 9.60. The van der Waals surface area contributed by atoms with Crippen LogP contribution in [-0.4, -0.2) is 15.5 Å². The summed E-state index contributed by atoms with van der Waals surface area (Å²) in [5.41, 5.74) is 3.06.